The lowest BCUT2D eigenvalue weighted by atomic mass is 10.1. The average Bonchev–Trinajstić information content (AvgIpc) is 3.49. The zero-order valence-corrected chi connectivity index (χ0v) is 14.1. The van der Waals surface area contributed by atoms with Crippen LogP contribution in [0.5, 0.6) is 0 Å². The zero-order valence-electron chi connectivity index (χ0n) is 13.3. The Balaban J connectivity index is 1.44. The van der Waals surface area contributed by atoms with Crippen LogP contribution >= 0.6 is 12.2 Å². The van der Waals surface area contributed by atoms with Crippen LogP contribution in [-0.2, 0) is 13.1 Å². The van der Waals surface area contributed by atoms with Gasteiger partial charge < -0.3 is 4.57 Å². The van der Waals surface area contributed by atoms with Crippen LogP contribution in [0.1, 0.15) is 55.3 Å². The van der Waals surface area contributed by atoms with Crippen molar-refractivity contribution in [2.45, 2.75) is 63.3 Å². The van der Waals surface area contributed by atoms with Gasteiger partial charge >= 0.3 is 0 Å². The molecule has 4 nitrogen and oxygen atoms in total. The van der Waals surface area contributed by atoms with Gasteiger partial charge in [-0.3, -0.25) is 4.90 Å². The molecule has 0 unspecified atom stereocenters. The largest absolute Gasteiger partial charge is 0.303 e. The first kappa shape index (κ1) is 13.9. The van der Waals surface area contributed by atoms with E-state index in [1.54, 1.807) is 0 Å². The van der Waals surface area contributed by atoms with Gasteiger partial charge in [-0.2, -0.15) is 5.10 Å². The second kappa shape index (κ2) is 5.28. The Kier molecular flexibility index (Phi) is 3.20. The van der Waals surface area contributed by atoms with E-state index in [4.69, 9.17) is 12.2 Å². The van der Waals surface area contributed by atoms with E-state index in [2.05, 4.69) is 38.8 Å². The van der Waals surface area contributed by atoms with Gasteiger partial charge in [0.25, 0.3) is 0 Å². The summed E-state index contributed by atoms with van der Waals surface area (Å²) in [5.41, 5.74) is 3.04. The molecule has 3 aliphatic rings. The van der Waals surface area contributed by atoms with E-state index in [1.165, 1.54) is 49.7 Å². The van der Waals surface area contributed by atoms with Crippen molar-refractivity contribution in [1.29, 1.82) is 0 Å². The topological polar surface area (TPSA) is 26.0 Å². The number of aromatic nitrogens is 3. The zero-order chi connectivity index (χ0) is 15.4. The van der Waals surface area contributed by atoms with Crippen LogP contribution in [0.3, 0.4) is 0 Å². The Morgan fingerprint density at radius 3 is 2.74 bits per heavy atom. The smallest absolute Gasteiger partial charge is 0.199 e. The van der Waals surface area contributed by atoms with Gasteiger partial charge in [-0.05, 0) is 61.9 Å². The van der Waals surface area contributed by atoms with Gasteiger partial charge in [0.15, 0.2) is 4.77 Å². The van der Waals surface area contributed by atoms with Crippen LogP contribution in [-0.4, -0.2) is 25.3 Å². The normalized spacial score (nSPS) is 23.4. The van der Waals surface area contributed by atoms with Gasteiger partial charge in [0, 0.05) is 18.1 Å². The predicted octanol–water partition coefficient (Wildman–Crippen LogP) is 3.86. The number of hydrogen-bond acceptors (Lipinski definition) is 3. The lowest BCUT2D eigenvalue weighted by Crippen LogP contribution is -2.32. The van der Waals surface area contributed by atoms with Crippen molar-refractivity contribution in [3.05, 3.63) is 46.5 Å². The molecule has 2 fully saturated rings. The van der Waals surface area contributed by atoms with Gasteiger partial charge in [0.1, 0.15) is 6.33 Å². The fourth-order valence-corrected chi connectivity index (χ4v) is 4.26. The third-order valence-electron chi connectivity index (χ3n) is 5.51. The third-order valence-corrected chi connectivity index (χ3v) is 5.93. The summed E-state index contributed by atoms with van der Waals surface area (Å²) in [4.78, 5) is 2.64. The summed E-state index contributed by atoms with van der Waals surface area (Å²) in [7, 11) is 0. The highest BCUT2D eigenvalue weighted by molar-refractivity contribution is 7.71. The summed E-state index contributed by atoms with van der Waals surface area (Å²) in [5.74, 6) is 0. The van der Waals surface area contributed by atoms with Crippen molar-refractivity contribution in [2.75, 3.05) is 0 Å². The van der Waals surface area contributed by atoms with Crippen molar-refractivity contribution >= 4 is 12.2 Å². The number of benzene rings is 1. The molecule has 0 amide bonds. The molecule has 1 heterocycles. The van der Waals surface area contributed by atoms with Crippen LogP contribution in [0, 0.1) is 4.77 Å². The molecule has 0 aliphatic heterocycles. The first-order valence-corrected chi connectivity index (χ1v) is 9.19. The first-order valence-electron chi connectivity index (χ1n) is 8.79. The van der Waals surface area contributed by atoms with Crippen LogP contribution in [0.25, 0.3) is 0 Å². The molecule has 0 saturated heterocycles. The number of nitrogens with zero attached hydrogens (tertiary/aromatic N) is 4. The van der Waals surface area contributed by atoms with Gasteiger partial charge in [0.05, 0.1) is 6.67 Å². The fraction of sp³-hybridized carbons (Fsp3) is 0.556. The number of hydrogen-bond donors (Lipinski definition) is 0. The van der Waals surface area contributed by atoms with Crippen molar-refractivity contribution in [2.24, 2.45) is 0 Å². The Hall–Kier alpha value is -1.46. The molecule has 1 atom stereocenters. The van der Waals surface area contributed by atoms with E-state index in [0.717, 1.165) is 11.4 Å². The molecule has 1 aromatic carbocycles. The van der Waals surface area contributed by atoms with Crippen molar-refractivity contribution in [3.8, 4) is 0 Å². The van der Waals surface area contributed by atoms with Crippen LogP contribution in [0.15, 0.2) is 30.6 Å². The molecule has 23 heavy (non-hydrogen) atoms. The molecule has 5 rings (SSSR count). The van der Waals surface area contributed by atoms with Gasteiger partial charge in [-0.25, -0.2) is 4.68 Å². The Morgan fingerprint density at radius 2 is 1.96 bits per heavy atom. The van der Waals surface area contributed by atoms with Crippen molar-refractivity contribution < 1.29 is 0 Å². The number of rotatable bonds is 5. The minimum atomic E-state index is 0.534. The second-order valence-corrected chi connectivity index (χ2v) is 7.56. The molecule has 0 bridgehead atoms. The van der Waals surface area contributed by atoms with E-state index in [0.29, 0.717) is 18.1 Å². The minimum absolute atomic E-state index is 0.534. The standard InChI is InChI=1S/C18H22N4S/c23-18-20(14-6-7-14)11-19-22(18)12-21(15-8-9-15)17-10-5-13-3-1-2-4-16(13)17/h1-4,11,14-15,17H,5-10,12H2/t17-/m1/s1. The Bertz CT molecular complexity index is 784. The van der Waals surface area contributed by atoms with E-state index >= 15 is 0 Å². The molecule has 5 heteroatoms. The summed E-state index contributed by atoms with van der Waals surface area (Å²) >= 11 is 5.66. The molecule has 0 radical (unpaired) electrons. The van der Waals surface area contributed by atoms with Crippen LogP contribution in [0.4, 0.5) is 0 Å². The summed E-state index contributed by atoms with van der Waals surface area (Å²) in [6.45, 7) is 0.836. The van der Waals surface area contributed by atoms with E-state index < -0.39 is 0 Å². The lowest BCUT2D eigenvalue weighted by molar-refractivity contribution is 0.131. The Labute approximate surface area is 141 Å². The molecule has 3 aliphatic carbocycles. The highest BCUT2D eigenvalue weighted by Gasteiger charge is 2.38. The van der Waals surface area contributed by atoms with Gasteiger partial charge in [-0.1, -0.05) is 24.3 Å². The molecular weight excluding hydrogens is 304 g/mol. The van der Waals surface area contributed by atoms with E-state index in [-0.39, 0.29) is 0 Å². The minimum Gasteiger partial charge on any atom is -0.303 e. The maximum Gasteiger partial charge on any atom is 0.199 e. The molecule has 2 saturated carbocycles. The van der Waals surface area contributed by atoms with Gasteiger partial charge in [0.2, 0.25) is 0 Å². The maximum atomic E-state index is 5.66. The lowest BCUT2D eigenvalue weighted by Gasteiger charge is -2.29. The van der Waals surface area contributed by atoms with E-state index in [1.807, 2.05) is 11.0 Å². The summed E-state index contributed by atoms with van der Waals surface area (Å²) < 4.78 is 5.11. The molecule has 1 aromatic heterocycles. The maximum absolute atomic E-state index is 5.66. The highest BCUT2D eigenvalue weighted by atomic mass is 32.1. The predicted molar refractivity (Wildman–Crippen MR) is 91.7 cm³/mol. The van der Waals surface area contributed by atoms with E-state index in [9.17, 15) is 0 Å². The van der Waals surface area contributed by atoms with Gasteiger partial charge in [-0.15, -0.1) is 0 Å². The quantitative estimate of drug-likeness (QED) is 0.781. The summed E-state index contributed by atoms with van der Waals surface area (Å²) in [6, 6.07) is 10.8. The number of fused-ring (bicyclic) bond motifs is 1. The fourth-order valence-electron chi connectivity index (χ4n) is 3.96. The monoisotopic (exact) mass is 326 g/mol. The van der Waals surface area contributed by atoms with Crippen LogP contribution < -0.4 is 0 Å². The highest BCUT2D eigenvalue weighted by Crippen LogP contribution is 2.42. The molecule has 2 aromatic rings. The molecule has 120 valence electrons. The average molecular weight is 326 g/mol. The summed E-state index contributed by atoms with van der Waals surface area (Å²) in [6.07, 6.45) is 9.50. The molecule has 0 N–H and O–H groups in total. The van der Waals surface area contributed by atoms with Crippen LogP contribution in [0.2, 0.25) is 0 Å². The first-order chi connectivity index (χ1) is 11.3. The SMILES string of the molecule is S=c1n(C2CC2)cnn1CN(C1CC1)[C@@H]1CCc2ccccc21. The number of aryl methyl sites for hydroxylation is 1. The van der Waals surface area contributed by atoms with Crippen molar-refractivity contribution in [3.63, 3.8) is 0 Å². The Morgan fingerprint density at radius 1 is 1.13 bits per heavy atom. The molecular formula is C18H22N4S. The second-order valence-electron chi connectivity index (χ2n) is 7.19. The summed E-state index contributed by atoms with van der Waals surface area (Å²) in [5, 5.41) is 4.59. The third kappa shape index (κ3) is 2.46. The molecule has 0 spiro atoms. The van der Waals surface area contributed by atoms with Crippen molar-refractivity contribution in [1.82, 2.24) is 19.2 Å².